The maximum absolute atomic E-state index is 13.3. The second kappa shape index (κ2) is 7.46. The molecule has 1 aliphatic carbocycles. The van der Waals surface area contributed by atoms with Crippen molar-refractivity contribution in [2.45, 2.75) is 31.1 Å². The van der Waals surface area contributed by atoms with Gasteiger partial charge in [-0.25, -0.2) is 19.5 Å². The van der Waals surface area contributed by atoms with E-state index in [0.29, 0.717) is 27.2 Å². The Labute approximate surface area is 194 Å². The summed E-state index contributed by atoms with van der Waals surface area (Å²) in [7, 11) is 0. The van der Waals surface area contributed by atoms with Crippen molar-refractivity contribution in [3.63, 3.8) is 0 Å². The molecule has 13 heteroatoms. The second-order valence-electron chi connectivity index (χ2n) is 8.21. The number of ether oxygens (including phenoxy) is 1. The minimum Gasteiger partial charge on any atom is -0.434 e. The molecule has 4 aromatic rings. The lowest BCUT2D eigenvalue weighted by Crippen LogP contribution is -2.53. The first-order valence-electron chi connectivity index (χ1n) is 10.5. The molecule has 0 saturated carbocycles. The summed E-state index contributed by atoms with van der Waals surface area (Å²) in [6.45, 7) is -3.15. The molecule has 3 aromatic heterocycles. The molecule has 1 aromatic carbocycles. The average Bonchev–Trinajstić information content (AvgIpc) is 3.31. The zero-order valence-corrected chi connectivity index (χ0v) is 17.7. The summed E-state index contributed by atoms with van der Waals surface area (Å²) >= 11 is 0. The number of fused-ring (bicyclic) bond motifs is 9. The van der Waals surface area contributed by atoms with Crippen molar-refractivity contribution in [2.24, 2.45) is 0 Å². The Kier molecular flexibility index (Phi) is 4.58. The number of amides is 1. The summed E-state index contributed by atoms with van der Waals surface area (Å²) in [4.78, 5) is 26.1. The van der Waals surface area contributed by atoms with Gasteiger partial charge in [0.2, 0.25) is 0 Å². The molecule has 6 rings (SSSR count). The van der Waals surface area contributed by atoms with Crippen LogP contribution in [0.4, 0.5) is 8.78 Å². The third kappa shape index (κ3) is 3.24. The first-order valence-corrected chi connectivity index (χ1v) is 10.5. The van der Waals surface area contributed by atoms with Gasteiger partial charge in [-0.1, -0.05) is 6.07 Å². The van der Waals surface area contributed by atoms with E-state index in [0.717, 1.165) is 0 Å². The third-order valence-electron chi connectivity index (χ3n) is 6.29. The molecule has 3 N–H and O–H groups in total. The molecule has 1 aliphatic heterocycles. The highest BCUT2D eigenvalue weighted by molar-refractivity contribution is 5.98. The van der Waals surface area contributed by atoms with Crippen molar-refractivity contribution in [2.75, 3.05) is 0 Å². The highest BCUT2D eigenvalue weighted by Crippen LogP contribution is 2.54. The van der Waals surface area contributed by atoms with Crippen LogP contribution in [0.15, 0.2) is 49.3 Å². The van der Waals surface area contributed by atoms with Crippen LogP contribution < -0.4 is 4.74 Å². The van der Waals surface area contributed by atoms with Gasteiger partial charge in [-0.15, -0.1) is 0 Å². The SMILES string of the molecule is O=C1c2cccc(OC(F)F)c2C2CC(c3nn4cnc(-c5cncnc5)cc4c32)N1C(O)(O)O. The minimum absolute atomic E-state index is 0.0477. The molecule has 0 spiro atoms. The number of alkyl halides is 2. The number of aromatic nitrogens is 5. The van der Waals surface area contributed by atoms with E-state index in [4.69, 9.17) is 4.74 Å². The summed E-state index contributed by atoms with van der Waals surface area (Å²) in [6, 6.07) is 4.65. The molecule has 11 nitrogen and oxygen atoms in total. The Bertz CT molecular complexity index is 1470. The van der Waals surface area contributed by atoms with Gasteiger partial charge in [-0.05, 0) is 24.6 Å². The number of rotatable bonds is 4. The predicted octanol–water partition coefficient (Wildman–Crippen LogP) is 1.41. The largest absolute Gasteiger partial charge is 0.434 e. The highest BCUT2D eigenvalue weighted by atomic mass is 19.3. The van der Waals surface area contributed by atoms with E-state index in [-0.39, 0.29) is 29.0 Å². The Hall–Kier alpha value is -4.07. The monoisotopic (exact) mass is 482 g/mol. The van der Waals surface area contributed by atoms with Crippen LogP contribution >= 0.6 is 0 Å². The number of benzene rings is 1. The molecule has 0 fully saturated rings. The first-order chi connectivity index (χ1) is 16.7. The molecule has 2 atom stereocenters. The van der Waals surface area contributed by atoms with Crippen LogP contribution in [0, 0.1) is 0 Å². The first kappa shape index (κ1) is 21.5. The topological polar surface area (TPSA) is 146 Å². The number of nitrogens with zero attached hydrogens (tertiary/aromatic N) is 6. The summed E-state index contributed by atoms with van der Waals surface area (Å²) in [6.07, 6.45) is 2.48. The minimum atomic E-state index is -3.53. The Morgan fingerprint density at radius 1 is 1.14 bits per heavy atom. The summed E-state index contributed by atoms with van der Waals surface area (Å²) in [5, 5.41) is 34.8. The zero-order chi connectivity index (χ0) is 24.5. The quantitative estimate of drug-likeness (QED) is 0.368. The lowest BCUT2D eigenvalue weighted by atomic mass is 9.88. The molecule has 2 bridgehead atoms. The molecule has 0 saturated heterocycles. The standard InChI is InChI=1S/C22H16F2N6O5/c23-21(24)35-16-3-1-2-11-17(16)12-4-15(30(20(11)31)22(32,33)34)19-18(12)14-5-13(27-9-29(14)28-19)10-6-25-8-26-7-10/h1-3,5-9,12,15,21,32-34H,4H2. The zero-order valence-electron chi connectivity index (χ0n) is 17.7. The average molecular weight is 482 g/mol. The number of carbonyl (C=O) groups excluding carboxylic acids is 1. The lowest BCUT2D eigenvalue weighted by molar-refractivity contribution is -0.385. The Morgan fingerprint density at radius 3 is 2.63 bits per heavy atom. The van der Waals surface area contributed by atoms with Gasteiger partial charge in [-0.2, -0.15) is 13.9 Å². The summed E-state index contributed by atoms with van der Waals surface area (Å²) in [5.41, 5.74) is 2.56. The maximum Gasteiger partial charge on any atom is 0.387 e. The molecular formula is C22H16F2N6O5. The van der Waals surface area contributed by atoms with Crippen molar-refractivity contribution >= 4 is 11.4 Å². The van der Waals surface area contributed by atoms with Crippen LogP contribution in [0.5, 0.6) is 5.75 Å². The molecule has 2 aliphatic rings. The van der Waals surface area contributed by atoms with E-state index in [1.807, 2.05) is 0 Å². The molecule has 2 unspecified atom stereocenters. The maximum atomic E-state index is 13.3. The van der Waals surface area contributed by atoms with Crippen molar-refractivity contribution < 1.29 is 33.6 Å². The smallest absolute Gasteiger partial charge is 0.387 e. The lowest BCUT2D eigenvalue weighted by Gasteiger charge is -2.34. The van der Waals surface area contributed by atoms with Crippen molar-refractivity contribution in [3.8, 4) is 17.0 Å². The van der Waals surface area contributed by atoms with Crippen LogP contribution in [0.25, 0.3) is 16.8 Å². The van der Waals surface area contributed by atoms with Crippen molar-refractivity contribution in [1.29, 1.82) is 0 Å². The van der Waals surface area contributed by atoms with Gasteiger partial charge in [0.25, 0.3) is 5.91 Å². The van der Waals surface area contributed by atoms with E-state index in [2.05, 4.69) is 20.1 Å². The molecule has 1 amide bonds. The molecule has 178 valence electrons. The molecular weight excluding hydrogens is 466 g/mol. The van der Waals surface area contributed by atoms with Gasteiger partial charge in [0.15, 0.2) is 0 Å². The normalized spacial score (nSPS) is 19.1. The van der Waals surface area contributed by atoms with Crippen LogP contribution in [-0.2, 0) is 0 Å². The fraction of sp³-hybridized carbons (Fsp3) is 0.227. The van der Waals surface area contributed by atoms with Crippen molar-refractivity contribution in [3.05, 3.63) is 71.7 Å². The van der Waals surface area contributed by atoms with Crippen molar-refractivity contribution in [1.82, 2.24) is 29.5 Å². The Balaban J connectivity index is 1.63. The van der Waals surface area contributed by atoms with Crippen LogP contribution in [0.3, 0.4) is 0 Å². The third-order valence-corrected chi connectivity index (χ3v) is 6.29. The van der Waals surface area contributed by atoms with Gasteiger partial charge in [0.1, 0.15) is 18.4 Å². The number of carbonyl (C=O) groups is 1. The van der Waals surface area contributed by atoms with E-state index in [1.54, 1.807) is 18.5 Å². The van der Waals surface area contributed by atoms with E-state index < -0.39 is 30.6 Å². The van der Waals surface area contributed by atoms with Gasteiger partial charge in [0, 0.05) is 40.6 Å². The fourth-order valence-electron chi connectivity index (χ4n) is 5.03. The van der Waals surface area contributed by atoms with Crippen LogP contribution in [-0.4, -0.2) is 63.4 Å². The highest BCUT2D eigenvalue weighted by Gasteiger charge is 2.52. The second-order valence-corrected chi connectivity index (χ2v) is 8.21. The molecule has 4 heterocycles. The van der Waals surface area contributed by atoms with E-state index in [1.165, 1.54) is 35.4 Å². The fourth-order valence-corrected chi connectivity index (χ4v) is 5.03. The number of hydrogen-bond acceptors (Lipinski definition) is 9. The van der Waals surface area contributed by atoms with Crippen LogP contribution in [0.2, 0.25) is 0 Å². The number of aliphatic hydroxyl groups is 3. The number of hydrogen-bond donors (Lipinski definition) is 3. The number of halogens is 2. The van der Waals surface area contributed by atoms with Gasteiger partial charge >= 0.3 is 12.7 Å². The Morgan fingerprint density at radius 2 is 1.91 bits per heavy atom. The van der Waals surface area contributed by atoms with Gasteiger partial charge < -0.3 is 20.1 Å². The molecule has 35 heavy (non-hydrogen) atoms. The van der Waals surface area contributed by atoms with Crippen LogP contribution in [0.1, 0.15) is 45.6 Å². The van der Waals surface area contributed by atoms with E-state index >= 15 is 0 Å². The summed E-state index contributed by atoms with van der Waals surface area (Å²) < 4.78 is 32.7. The molecule has 0 radical (unpaired) electrons. The summed E-state index contributed by atoms with van der Waals surface area (Å²) in [5.74, 6) is -1.88. The predicted molar refractivity (Wildman–Crippen MR) is 112 cm³/mol. The van der Waals surface area contributed by atoms with Gasteiger partial charge in [-0.3, -0.25) is 9.69 Å². The van der Waals surface area contributed by atoms with E-state index in [9.17, 15) is 28.9 Å². The van der Waals surface area contributed by atoms with Gasteiger partial charge in [0.05, 0.1) is 22.9 Å².